The molecule has 0 fully saturated rings. The molecule has 9 nitrogen and oxygen atoms in total. The minimum Gasteiger partial charge on any atom is -0.476 e. The molecule has 10 heteroatoms. The van der Waals surface area contributed by atoms with Crippen molar-refractivity contribution in [3.63, 3.8) is 0 Å². The van der Waals surface area contributed by atoms with E-state index in [4.69, 9.17) is 16.7 Å². The van der Waals surface area contributed by atoms with Gasteiger partial charge < -0.3 is 5.11 Å². The first-order chi connectivity index (χ1) is 9.31. The summed E-state index contributed by atoms with van der Waals surface area (Å²) in [5.41, 5.74) is 0.110. The minimum atomic E-state index is -1.45. The van der Waals surface area contributed by atoms with Crippen LogP contribution in [0.5, 0.6) is 0 Å². The summed E-state index contributed by atoms with van der Waals surface area (Å²) in [6.45, 7) is 1.84. The molecular formula is C10H10ClN5O4. The second-order valence-electron chi connectivity index (χ2n) is 4.10. The third-order valence-corrected chi connectivity index (χ3v) is 3.20. The third-order valence-electron chi connectivity index (χ3n) is 2.73. The molecule has 0 aliphatic carbocycles. The van der Waals surface area contributed by atoms with E-state index in [9.17, 15) is 14.9 Å². The van der Waals surface area contributed by atoms with Crippen LogP contribution in [0.25, 0.3) is 0 Å². The van der Waals surface area contributed by atoms with Crippen LogP contribution < -0.4 is 0 Å². The molecule has 0 spiro atoms. The van der Waals surface area contributed by atoms with E-state index in [-0.39, 0.29) is 6.54 Å². The number of nitro groups is 1. The van der Waals surface area contributed by atoms with Gasteiger partial charge in [-0.15, -0.1) is 0 Å². The number of aromatic nitrogens is 4. The van der Waals surface area contributed by atoms with E-state index < -0.39 is 22.3 Å². The molecule has 0 aliphatic rings. The number of hydrogen-bond donors (Lipinski definition) is 1. The van der Waals surface area contributed by atoms with Gasteiger partial charge in [0.05, 0.1) is 17.2 Å². The van der Waals surface area contributed by atoms with Crippen molar-refractivity contribution in [3.8, 4) is 0 Å². The first-order valence-electron chi connectivity index (χ1n) is 5.44. The SMILES string of the molecule is Cc1nn(C)c(Cl)c1Cn1cc([N+](=O)[O-])c(C(=O)O)n1. The minimum absolute atomic E-state index is 0.104. The summed E-state index contributed by atoms with van der Waals surface area (Å²) < 4.78 is 2.62. The molecule has 1 N–H and O–H groups in total. The lowest BCUT2D eigenvalue weighted by Crippen LogP contribution is -2.05. The number of rotatable bonds is 4. The molecular weight excluding hydrogens is 290 g/mol. The fourth-order valence-electron chi connectivity index (χ4n) is 1.79. The molecule has 2 aromatic rings. The maximum Gasteiger partial charge on any atom is 0.363 e. The fourth-order valence-corrected chi connectivity index (χ4v) is 2.03. The van der Waals surface area contributed by atoms with E-state index in [2.05, 4.69) is 10.2 Å². The van der Waals surface area contributed by atoms with Crippen LogP contribution in [0.4, 0.5) is 5.69 Å². The van der Waals surface area contributed by atoms with Crippen molar-refractivity contribution >= 4 is 23.3 Å². The summed E-state index contributed by atoms with van der Waals surface area (Å²) >= 11 is 6.04. The summed E-state index contributed by atoms with van der Waals surface area (Å²) in [5, 5.41) is 27.8. The Balaban J connectivity index is 2.42. The molecule has 0 radical (unpaired) electrons. The van der Waals surface area contributed by atoms with E-state index in [1.165, 1.54) is 4.68 Å². The number of aromatic carboxylic acids is 1. The topological polar surface area (TPSA) is 116 Å². The molecule has 0 saturated heterocycles. The molecule has 2 rings (SSSR count). The number of nitrogens with zero attached hydrogens (tertiary/aromatic N) is 5. The van der Waals surface area contributed by atoms with E-state index in [1.54, 1.807) is 14.0 Å². The Morgan fingerprint density at radius 2 is 2.20 bits per heavy atom. The van der Waals surface area contributed by atoms with Crippen LogP contribution in [0, 0.1) is 17.0 Å². The zero-order valence-electron chi connectivity index (χ0n) is 10.6. The van der Waals surface area contributed by atoms with Gasteiger partial charge in [-0.2, -0.15) is 10.2 Å². The first kappa shape index (κ1) is 14.0. The second-order valence-corrected chi connectivity index (χ2v) is 4.46. The van der Waals surface area contributed by atoms with Crippen LogP contribution in [0.2, 0.25) is 5.15 Å². The number of carbonyl (C=O) groups is 1. The lowest BCUT2D eigenvalue weighted by Gasteiger charge is -2.00. The maximum absolute atomic E-state index is 10.9. The predicted molar refractivity (Wildman–Crippen MR) is 67.9 cm³/mol. The number of carboxylic acid groups (broad SMARTS) is 1. The Morgan fingerprint density at radius 3 is 2.60 bits per heavy atom. The van der Waals surface area contributed by atoms with Gasteiger partial charge in [-0.05, 0) is 6.92 Å². The zero-order chi connectivity index (χ0) is 15.0. The van der Waals surface area contributed by atoms with Gasteiger partial charge >= 0.3 is 11.7 Å². The highest BCUT2D eigenvalue weighted by atomic mass is 35.5. The average Bonchev–Trinajstić information content (AvgIpc) is 2.87. The maximum atomic E-state index is 10.9. The van der Waals surface area contributed by atoms with E-state index in [0.29, 0.717) is 16.4 Å². The quantitative estimate of drug-likeness (QED) is 0.670. The Kier molecular flexibility index (Phi) is 3.45. The number of aryl methyl sites for hydroxylation is 2. The van der Waals surface area contributed by atoms with Crippen LogP contribution in [-0.4, -0.2) is 35.6 Å². The van der Waals surface area contributed by atoms with Gasteiger partial charge in [-0.25, -0.2) is 4.79 Å². The van der Waals surface area contributed by atoms with Crippen molar-refractivity contribution in [2.24, 2.45) is 7.05 Å². The summed E-state index contributed by atoms with van der Waals surface area (Å²) in [4.78, 5) is 20.9. The molecule has 0 amide bonds. The van der Waals surface area contributed by atoms with Crippen molar-refractivity contribution in [2.75, 3.05) is 0 Å². The number of carboxylic acids is 1. The summed E-state index contributed by atoms with van der Waals surface area (Å²) in [7, 11) is 1.66. The molecule has 20 heavy (non-hydrogen) atoms. The molecule has 0 aliphatic heterocycles. The smallest absolute Gasteiger partial charge is 0.363 e. The van der Waals surface area contributed by atoms with Gasteiger partial charge in [0.2, 0.25) is 5.69 Å². The van der Waals surface area contributed by atoms with Gasteiger partial charge in [-0.3, -0.25) is 19.5 Å². The van der Waals surface area contributed by atoms with Gasteiger partial charge in [0, 0.05) is 12.6 Å². The van der Waals surface area contributed by atoms with Crippen LogP contribution in [-0.2, 0) is 13.6 Å². The van der Waals surface area contributed by atoms with Crippen molar-refractivity contribution in [1.82, 2.24) is 19.6 Å². The van der Waals surface area contributed by atoms with Crippen LogP contribution in [0.15, 0.2) is 6.20 Å². The third kappa shape index (κ3) is 2.35. The predicted octanol–water partition coefficient (Wildman–Crippen LogP) is 1.23. The average molecular weight is 300 g/mol. The normalized spacial score (nSPS) is 10.8. The lowest BCUT2D eigenvalue weighted by molar-refractivity contribution is -0.385. The monoisotopic (exact) mass is 299 g/mol. The van der Waals surface area contributed by atoms with E-state index >= 15 is 0 Å². The fraction of sp³-hybridized carbons (Fsp3) is 0.300. The highest BCUT2D eigenvalue weighted by Gasteiger charge is 2.25. The van der Waals surface area contributed by atoms with Gasteiger partial charge in [0.1, 0.15) is 11.3 Å². The van der Waals surface area contributed by atoms with Crippen LogP contribution >= 0.6 is 11.6 Å². The molecule has 0 unspecified atom stereocenters. The lowest BCUT2D eigenvalue weighted by atomic mass is 10.2. The molecule has 0 atom stereocenters. The molecule has 0 aromatic carbocycles. The highest BCUT2D eigenvalue weighted by Crippen LogP contribution is 2.22. The van der Waals surface area contributed by atoms with Gasteiger partial charge in [-0.1, -0.05) is 11.6 Å². The van der Waals surface area contributed by atoms with Crippen LogP contribution in [0.3, 0.4) is 0 Å². The van der Waals surface area contributed by atoms with Crippen LogP contribution in [0.1, 0.15) is 21.7 Å². The zero-order valence-corrected chi connectivity index (χ0v) is 11.3. The number of halogens is 1. The second kappa shape index (κ2) is 4.93. The van der Waals surface area contributed by atoms with Crippen molar-refractivity contribution in [2.45, 2.75) is 13.5 Å². The molecule has 0 bridgehead atoms. The van der Waals surface area contributed by atoms with Crippen molar-refractivity contribution < 1.29 is 14.8 Å². The largest absolute Gasteiger partial charge is 0.476 e. The van der Waals surface area contributed by atoms with Crippen molar-refractivity contribution in [3.05, 3.63) is 38.4 Å². The summed E-state index contributed by atoms with van der Waals surface area (Å²) in [6.07, 6.45) is 1.06. The van der Waals surface area contributed by atoms with Gasteiger partial charge in [0.15, 0.2) is 0 Å². The Hall–Kier alpha value is -2.42. The molecule has 2 aromatic heterocycles. The van der Waals surface area contributed by atoms with Gasteiger partial charge in [0.25, 0.3) is 0 Å². The summed E-state index contributed by atoms with van der Waals surface area (Å²) in [5.74, 6) is -1.45. The Morgan fingerprint density at radius 1 is 1.55 bits per heavy atom. The summed E-state index contributed by atoms with van der Waals surface area (Å²) in [6, 6.07) is 0. The molecule has 106 valence electrons. The number of hydrogen-bond acceptors (Lipinski definition) is 5. The first-order valence-corrected chi connectivity index (χ1v) is 5.82. The standard InChI is InChI=1S/C10H10ClN5O4/c1-5-6(9(11)14(2)12-5)3-15-4-7(16(19)20)8(13-15)10(17)18/h4H,3H2,1-2H3,(H,17,18). The van der Waals surface area contributed by atoms with E-state index in [0.717, 1.165) is 10.9 Å². The highest BCUT2D eigenvalue weighted by molar-refractivity contribution is 6.30. The Labute approximate surface area is 117 Å². The Bertz CT molecular complexity index is 673. The molecule has 2 heterocycles. The molecule has 0 saturated carbocycles. The van der Waals surface area contributed by atoms with E-state index in [1.807, 2.05) is 0 Å². The van der Waals surface area contributed by atoms with Crippen molar-refractivity contribution in [1.29, 1.82) is 0 Å².